The summed E-state index contributed by atoms with van der Waals surface area (Å²) in [6.45, 7) is 3.34. The second kappa shape index (κ2) is 8.20. The molecule has 0 atom stereocenters. The van der Waals surface area contributed by atoms with Crippen LogP contribution in [0.15, 0.2) is 60.8 Å². The summed E-state index contributed by atoms with van der Waals surface area (Å²) in [6, 6.07) is 17.8. The molecule has 1 N–H and O–H groups in total. The number of imidazole rings is 1. The number of benzene rings is 2. The highest BCUT2D eigenvalue weighted by Gasteiger charge is 2.05. The number of para-hydroxylation sites is 1. The molecule has 0 spiro atoms. The highest BCUT2D eigenvalue weighted by molar-refractivity contribution is 5.59. The molecule has 0 amide bonds. The van der Waals surface area contributed by atoms with Crippen molar-refractivity contribution < 1.29 is 9.47 Å². The predicted molar refractivity (Wildman–Crippen MR) is 95.2 cm³/mol. The SMILES string of the molecule is CCCCOc1ccc(-c2c[nH]c(COc3ccccc3)n2)cc1. The standard InChI is InChI=1S/C20H22N2O2/c1-2-3-13-23-18-11-9-16(10-12-18)19-14-21-20(22-19)15-24-17-7-5-4-6-8-17/h4-12,14H,2-3,13,15H2,1H3,(H,21,22). The number of aromatic amines is 1. The molecule has 1 aromatic heterocycles. The number of hydrogen-bond donors (Lipinski definition) is 1. The molecular formula is C20H22N2O2. The normalized spacial score (nSPS) is 10.5. The first-order chi connectivity index (χ1) is 11.8. The molecule has 0 aliphatic carbocycles. The third kappa shape index (κ3) is 4.38. The number of rotatable bonds is 8. The fourth-order valence-electron chi connectivity index (χ4n) is 2.31. The van der Waals surface area contributed by atoms with E-state index < -0.39 is 0 Å². The number of H-pyrrole nitrogens is 1. The van der Waals surface area contributed by atoms with Crippen molar-refractivity contribution in [3.63, 3.8) is 0 Å². The van der Waals surface area contributed by atoms with Crippen molar-refractivity contribution >= 4 is 0 Å². The molecular weight excluding hydrogens is 300 g/mol. The summed E-state index contributed by atoms with van der Waals surface area (Å²) >= 11 is 0. The minimum Gasteiger partial charge on any atom is -0.494 e. The minimum atomic E-state index is 0.419. The Hall–Kier alpha value is -2.75. The van der Waals surface area contributed by atoms with Gasteiger partial charge < -0.3 is 14.5 Å². The van der Waals surface area contributed by atoms with Crippen LogP contribution in [-0.4, -0.2) is 16.6 Å². The molecule has 0 fully saturated rings. The fourth-order valence-corrected chi connectivity index (χ4v) is 2.31. The van der Waals surface area contributed by atoms with E-state index in [1.165, 1.54) is 0 Å². The molecule has 24 heavy (non-hydrogen) atoms. The maximum atomic E-state index is 5.70. The third-order valence-corrected chi connectivity index (χ3v) is 3.67. The van der Waals surface area contributed by atoms with Crippen molar-refractivity contribution in [2.75, 3.05) is 6.61 Å². The van der Waals surface area contributed by atoms with Gasteiger partial charge in [0.15, 0.2) is 0 Å². The first-order valence-electron chi connectivity index (χ1n) is 8.30. The van der Waals surface area contributed by atoms with Crippen LogP contribution < -0.4 is 9.47 Å². The van der Waals surface area contributed by atoms with E-state index in [0.717, 1.165) is 48.0 Å². The van der Waals surface area contributed by atoms with Gasteiger partial charge in [0.25, 0.3) is 0 Å². The van der Waals surface area contributed by atoms with Crippen molar-refractivity contribution in [1.82, 2.24) is 9.97 Å². The summed E-state index contributed by atoms with van der Waals surface area (Å²) in [7, 11) is 0. The first kappa shape index (κ1) is 16.1. The highest BCUT2D eigenvalue weighted by atomic mass is 16.5. The molecule has 0 aliphatic rings. The van der Waals surface area contributed by atoms with Crippen LogP contribution in [0.3, 0.4) is 0 Å². The van der Waals surface area contributed by atoms with Crippen LogP contribution in [0.4, 0.5) is 0 Å². The van der Waals surface area contributed by atoms with Gasteiger partial charge in [-0.1, -0.05) is 31.5 Å². The molecule has 0 aliphatic heterocycles. The summed E-state index contributed by atoms with van der Waals surface area (Å²) < 4.78 is 11.4. The van der Waals surface area contributed by atoms with Gasteiger partial charge in [-0.3, -0.25) is 0 Å². The third-order valence-electron chi connectivity index (χ3n) is 3.67. The van der Waals surface area contributed by atoms with Gasteiger partial charge in [0.1, 0.15) is 23.9 Å². The van der Waals surface area contributed by atoms with E-state index >= 15 is 0 Å². The molecule has 0 unspecified atom stereocenters. The lowest BCUT2D eigenvalue weighted by atomic mass is 10.2. The van der Waals surface area contributed by atoms with Gasteiger partial charge in [0.2, 0.25) is 0 Å². The van der Waals surface area contributed by atoms with Crippen LogP contribution in [0.5, 0.6) is 11.5 Å². The van der Waals surface area contributed by atoms with E-state index in [9.17, 15) is 0 Å². The topological polar surface area (TPSA) is 47.1 Å². The second-order valence-electron chi connectivity index (χ2n) is 5.56. The summed E-state index contributed by atoms with van der Waals surface area (Å²) in [5, 5.41) is 0. The molecule has 124 valence electrons. The van der Waals surface area contributed by atoms with Crippen LogP contribution in [0.2, 0.25) is 0 Å². The Morgan fingerprint density at radius 2 is 1.67 bits per heavy atom. The van der Waals surface area contributed by atoms with Crippen molar-refractivity contribution in [3.8, 4) is 22.8 Å². The highest BCUT2D eigenvalue weighted by Crippen LogP contribution is 2.21. The molecule has 0 radical (unpaired) electrons. The van der Waals surface area contributed by atoms with Crippen LogP contribution >= 0.6 is 0 Å². The Morgan fingerprint density at radius 3 is 2.42 bits per heavy atom. The molecule has 3 rings (SSSR count). The molecule has 0 saturated carbocycles. The average Bonchev–Trinajstić information content (AvgIpc) is 3.11. The Balaban J connectivity index is 1.58. The maximum Gasteiger partial charge on any atom is 0.146 e. The van der Waals surface area contributed by atoms with Crippen molar-refractivity contribution in [1.29, 1.82) is 0 Å². The van der Waals surface area contributed by atoms with Gasteiger partial charge in [-0.2, -0.15) is 0 Å². The molecule has 4 nitrogen and oxygen atoms in total. The fraction of sp³-hybridized carbons (Fsp3) is 0.250. The number of unbranched alkanes of at least 4 members (excludes halogenated alkanes) is 1. The van der Waals surface area contributed by atoms with Crippen LogP contribution in [0, 0.1) is 0 Å². The summed E-state index contributed by atoms with van der Waals surface area (Å²) in [5.41, 5.74) is 1.96. The van der Waals surface area contributed by atoms with Gasteiger partial charge in [-0.15, -0.1) is 0 Å². The number of nitrogens with one attached hydrogen (secondary N) is 1. The lowest BCUT2D eigenvalue weighted by molar-refractivity contribution is 0.297. The zero-order valence-corrected chi connectivity index (χ0v) is 13.9. The molecule has 0 bridgehead atoms. The van der Waals surface area contributed by atoms with E-state index in [1.807, 2.05) is 60.8 Å². The summed E-state index contributed by atoms with van der Waals surface area (Å²) in [5.74, 6) is 2.54. The van der Waals surface area contributed by atoms with Crippen LogP contribution in [-0.2, 0) is 6.61 Å². The van der Waals surface area contributed by atoms with Gasteiger partial charge in [0.05, 0.1) is 12.3 Å². The number of ether oxygens (including phenoxy) is 2. The Labute approximate surface area is 142 Å². The van der Waals surface area contributed by atoms with E-state index in [2.05, 4.69) is 16.9 Å². The lowest BCUT2D eigenvalue weighted by Gasteiger charge is -2.05. The number of hydrogen-bond acceptors (Lipinski definition) is 3. The van der Waals surface area contributed by atoms with Crippen molar-refractivity contribution in [2.45, 2.75) is 26.4 Å². The monoisotopic (exact) mass is 322 g/mol. The summed E-state index contributed by atoms with van der Waals surface area (Å²) in [6.07, 6.45) is 4.11. The largest absolute Gasteiger partial charge is 0.494 e. The van der Waals surface area contributed by atoms with Crippen LogP contribution in [0.1, 0.15) is 25.6 Å². The van der Waals surface area contributed by atoms with Crippen LogP contribution in [0.25, 0.3) is 11.3 Å². The lowest BCUT2D eigenvalue weighted by Crippen LogP contribution is -1.97. The van der Waals surface area contributed by atoms with E-state index in [4.69, 9.17) is 9.47 Å². The van der Waals surface area contributed by atoms with Gasteiger partial charge in [-0.05, 0) is 42.8 Å². The second-order valence-corrected chi connectivity index (χ2v) is 5.56. The molecule has 0 saturated heterocycles. The van der Waals surface area contributed by atoms with E-state index in [-0.39, 0.29) is 0 Å². The average molecular weight is 322 g/mol. The quantitative estimate of drug-likeness (QED) is 0.604. The number of aromatic nitrogens is 2. The first-order valence-corrected chi connectivity index (χ1v) is 8.30. The zero-order valence-electron chi connectivity index (χ0n) is 13.9. The number of nitrogens with zero attached hydrogens (tertiary/aromatic N) is 1. The molecule has 2 aromatic carbocycles. The van der Waals surface area contributed by atoms with Gasteiger partial charge in [-0.25, -0.2) is 4.98 Å². The maximum absolute atomic E-state index is 5.70. The molecule has 3 aromatic rings. The molecule has 1 heterocycles. The zero-order chi connectivity index (χ0) is 16.6. The van der Waals surface area contributed by atoms with Gasteiger partial charge >= 0.3 is 0 Å². The van der Waals surface area contributed by atoms with E-state index in [0.29, 0.717) is 6.61 Å². The minimum absolute atomic E-state index is 0.419. The molecule has 4 heteroatoms. The Morgan fingerprint density at radius 1 is 0.917 bits per heavy atom. The van der Waals surface area contributed by atoms with E-state index in [1.54, 1.807) is 0 Å². The predicted octanol–water partition coefficient (Wildman–Crippen LogP) is 4.83. The van der Waals surface area contributed by atoms with Crippen molar-refractivity contribution in [3.05, 3.63) is 66.6 Å². The Bertz CT molecular complexity index is 736. The van der Waals surface area contributed by atoms with Crippen molar-refractivity contribution in [2.24, 2.45) is 0 Å². The Kier molecular flexibility index (Phi) is 5.51. The summed E-state index contributed by atoms with van der Waals surface area (Å²) in [4.78, 5) is 7.74. The van der Waals surface area contributed by atoms with Gasteiger partial charge in [0, 0.05) is 11.8 Å². The smallest absolute Gasteiger partial charge is 0.146 e.